The summed E-state index contributed by atoms with van der Waals surface area (Å²) in [7, 11) is 0. The number of nitrogens with one attached hydrogen (secondary N) is 1. The number of piperidine rings is 1. The molecule has 5 heteroatoms. The molecule has 136 valence electrons. The maximum Gasteiger partial charge on any atom is 0.251 e. The molecule has 0 radical (unpaired) electrons. The van der Waals surface area contributed by atoms with Crippen LogP contribution in [0.25, 0.3) is 0 Å². The van der Waals surface area contributed by atoms with Crippen LogP contribution in [0.5, 0.6) is 0 Å². The third-order valence-corrected chi connectivity index (χ3v) is 4.89. The minimum Gasteiger partial charge on any atom is -0.389 e. The first kappa shape index (κ1) is 18.1. The third kappa shape index (κ3) is 4.29. The Bertz CT molecular complexity index is 776. The van der Waals surface area contributed by atoms with Gasteiger partial charge in [0.2, 0.25) is 5.91 Å². The van der Waals surface area contributed by atoms with Crippen LogP contribution in [-0.4, -0.2) is 47.1 Å². The molecule has 2 N–H and O–H groups in total. The molecule has 2 atom stereocenters. The highest BCUT2D eigenvalue weighted by Crippen LogP contribution is 2.15. The van der Waals surface area contributed by atoms with E-state index in [1.807, 2.05) is 37.3 Å². The Balaban J connectivity index is 1.55. The fraction of sp³-hybridized carbons (Fsp3) is 0.333. The molecule has 0 saturated carbocycles. The number of nitrogens with zero attached hydrogens (tertiary/aromatic N) is 1. The number of hydrogen-bond donors (Lipinski definition) is 2. The van der Waals surface area contributed by atoms with E-state index in [0.29, 0.717) is 24.9 Å². The van der Waals surface area contributed by atoms with E-state index in [9.17, 15) is 14.7 Å². The fourth-order valence-corrected chi connectivity index (χ4v) is 3.25. The third-order valence-electron chi connectivity index (χ3n) is 4.89. The van der Waals surface area contributed by atoms with Crippen LogP contribution in [-0.2, 0) is 11.2 Å². The molecule has 1 saturated heterocycles. The van der Waals surface area contributed by atoms with Gasteiger partial charge in [0.25, 0.3) is 5.91 Å². The van der Waals surface area contributed by atoms with Crippen molar-refractivity contribution in [2.24, 2.45) is 0 Å². The number of hydrogen-bond acceptors (Lipinski definition) is 3. The van der Waals surface area contributed by atoms with Crippen molar-refractivity contribution >= 4 is 11.8 Å². The van der Waals surface area contributed by atoms with Crippen molar-refractivity contribution < 1.29 is 14.7 Å². The maximum absolute atomic E-state index is 12.5. The number of rotatable bonds is 4. The van der Waals surface area contributed by atoms with E-state index in [0.717, 1.165) is 11.1 Å². The summed E-state index contributed by atoms with van der Waals surface area (Å²) in [5.41, 5.74) is 2.66. The largest absolute Gasteiger partial charge is 0.389 e. The fourth-order valence-electron chi connectivity index (χ4n) is 3.25. The van der Waals surface area contributed by atoms with Gasteiger partial charge in [0.1, 0.15) is 0 Å². The van der Waals surface area contributed by atoms with Crippen molar-refractivity contribution in [2.45, 2.75) is 31.9 Å². The van der Waals surface area contributed by atoms with Crippen molar-refractivity contribution in [3.8, 4) is 0 Å². The SMILES string of the molecule is Cc1ccccc1CC(=O)N1CC[C@@H](NC(=O)c2ccccc2)[C@H](O)C1. The maximum atomic E-state index is 12.5. The van der Waals surface area contributed by atoms with E-state index in [1.165, 1.54) is 0 Å². The highest BCUT2D eigenvalue weighted by Gasteiger charge is 2.31. The number of carbonyl (C=O) groups is 2. The van der Waals surface area contributed by atoms with Crippen molar-refractivity contribution in [1.82, 2.24) is 10.2 Å². The van der Waals surface area contributed by atoms with E-state index >= 15 is 0 Å². The minimum absolute atomic E-state index is 0.00573. The van der Waals surface area contributed by atoms with Gasteiger partial charge in [-0.2, -0.15) is 0 Å². The number of aliphatic hydroxyl groups is 1. The lowest BCUT2D eigenvalue weighted by atomic mass is 9.99. The predicted molar refractivity (Wildman–Crippen MR) is 99.8 cm³/mol. The van der Waals surface area contributed by atoms with E-state index in [2.05, 4.69) is 5.32 Å². The number of aryl methyl sites for hydroxylation is 1. The summed E-state index contributed by atoms with van der Waals surface area (Å²) in [4.78, 5) is 26.5. The molecule has 1 aliphatic rings. The van der Waals surface area contributed by atoms with Crippen molar-refractivity contribution in [2.75, 3.05) is 13.1 Å². The van der Waals surface area contributed by atoms with Gasteiger partial charge in [0.05, 0.1) is 18.6 Å². The first-order valence-corrected chi connectivity index (χ1v) is 8.91. The lowest BCUT2D eigenvalue weighted by Crippen LogP contribution is -2.55. The minimum atomic E-state index is -0.766. The van der Waals surface area contributed by atoms with E-state index in [-0.39, 0.29) is 24.4 Å². The molecule has 0 unspecified atom stereocenters. The molecule has 0 aliphatic carbocycles. The quantitative estimate of drug-likeness (QED) is 0.883. The molecule has 0 spiro atoms. The molecular formula is C21H24N2O3. The van der Waals surface area contributed by atoms with Crippen LogP contribution in [0.1, 0.15) is 27.9 Å². The van der Waals surface area contributed by atoms with E-state index in [1.54, 1.807) is 29.2 Å². The van der Waals surface area contributed by atoms with E-state index in [4.69, 9.17) is 0 Å². The molecule has 1 heterocycles. The lowest BCUT2D eigenvalue weighted by Gasteiger charge is -2.36. The molecule has 2 aromatic carbocycles. The summed E-state index contributed by atoms with van der Waals surface area (Å²) >= 11 is 0. The number of carbonyl (C=O) groups excluding carboxylic acids is 2. The molecule has 2 aromatic rings. The number of benzene rings is 2. The Hall–Kier alpha value is -2.66. The Kier molecular flexibility index (Phi) is 5.68. The van der Waals surface area contributed by atoms with Crippen molar-refractivity contribution in [3.05, 3.63) is 71.3 Å². The van der Waals surface area contributed by atoms with Crippen LogP contribution < -0.4 is 5.32 Å². The van der Waals surface area contributed by atoms with Crippen LogP contribution in [0.4, 0.5) is 0 Å². The first-order valence-electron chi connectivity index (χ1n) is 8.91. The van der Waals surface area contributed by atoms with Gasteiger partial charge in [-0.3, -0.25) is 9.59 Å². The van der Waals surface area contributed by atoms with Gasteiger partial charge in [0, 0.05) is 18.7 Å². The average Bonchev–Trinajstić information content (AvgIpc) is 2.65. The molecular weight excluding hydrogens is 328 g/mol. The number of β-amino-alcohol motifs (C(OH)–C–C–N with tert-alkyl or cyclic N) is 1. The van der Waals surface area contributed by atoms with Crippen LogP contribution in [0.3, 0.4) is 0 Å². The summed E-state index contributed by atoms with van der Waals surface area (Å²) in [6.07, 6.45) is 0.108. The van der Waals surface area contributed by atoms with Gasteiger partial charge >= 0.3 is 0 Å². The van der Waals surface area contributed by atoms with Crippen LogP contribution in [0, 0.1) is 6.92 Å². The lowest BCUT2D eigenvalue weighted by molar-refractivity contribution is -0.134. The second kappa shape index (κ2) is 8.15. The van der Waals surface area contributed by atoms with Crippen LogP contribution in [0.15, 0.2) is 54.6 Å². The summed E-state index contributed by atoms with van der Waals surface area (Å²) in [5.74, 6) is -0.194. The highest BCUT2D eigenvalue weighted by molar-refractivity contribution is 5.94. The van der Waals surface area contributed by atoms with Gasteiger partial charge in [-0.15, -0.1) is 0 Å². The van der Waals surface area contributed by atoms with Gasteiger partial charge in [-0.05, 0) is 36.6 Å². The number of amides is 2. The Labute approximate surface area is 153 Å². The normalized spacial score (nSPS) is 19.8. The topological polar surface area (TPSA) is 69.6 Å². The predicted octanol–water partition coefficient (Wildman–Crippen LogP) is 1.93. The Morgan fingerprint density at radius 1 is 1.12 bits per heavy atom. The average molecular weight is 352 g/mol. The standard InChI is InChI=1S/C21H24N2O3/c1-15-7-5-6-10-17(15)13-20(25)23-12-11-18(19(24)14-23)22-21(26)16-8-3-2-4-9-16/h2-10,18-19,24H,11-14H2,1H3,(H,22,26)/t18-,19-/m1/s1. The molecule has 3 rings (SSSR count). The summed E-state index contributed by atoms with van der Waals surface area (Å²) in [5, 5.41) is 13.3. The zero-order valence-corrected chi connectivity index (χ0v) is 14.9. The van der Waals surface area contributed by atoms with Crippen molar-refractivity contribution in [1.29, 1.82) is 0 Å². The van der Waals surface area contributed by atoms with Gasteiger partial charge in [0.15, 0.2) is 0 Å². The molecule has 26 heavy (non-hydrogen) atoms. The molecule has 0 aromatic heterocycles. The summed E-state index contributed by atoms with van der Waals surface area (Å²) in [6.45, 7) is 2.76. The molecule has 1 fully saturated rings. The van der Waals surface area contributed by atoms with Crippen LogP contribution >= 0.6 is 0 Å². The molecule has 5 nitrogen and oxygen atoms in total. The second-order valence-corrected chi connectivity index (χ2v) is 6.75. The van der Waals surface area contributed by atoms with Crippen LogP contribution in [0.2, 0.25) is 0 Å². The van der Waals surface area contributed by atoms with Gasteiger partial charge < -0.3 is 15.3 Å². The molecule has 2 amide bonds. The number of aliphatic hydroxyl groups excluding tert-OH is 1. The summed E-state index contributed by atoms with van der Waals surface area (Å²) < 4.78 is 0. The summed E-state index contributed by atoms with van der Waals surface area (Å²) in [6, 6.07) is 16.4. The zero-order valence-electron chi connectivity index (χ0n) is 14.9. The molecule has 1 aliphatic heterocycles. The Morgan fingerprint density at radius 2 is 1.81 bits per heavy atom. The Morgan fingerprint density at radius 3 is 2.50 bits per heavy atom. The second-order valence-electron chi connectivity index (χ2n) is 6.75. The highest BCUT2D eigenvalue weighted by atomic mass is 16.3. The molecule has 0 bridgehead atoms. The monoisotopic (exact) mass is 352 g/mol. The van der Waals surface area contributed by atoms with Gasteiger partial charge in [-0.1, -0.05) is 42.5 Å². The first-order chi connectivity index (χ1) is 12.5. The van der Waals surface area contributed by atoms with E-state index < -0.39 is 6.10 Å². The smallest absolute Gasteiger partial charge is 0.251 e. The zero-order chi connectivity index (χ0) is 18.5. The van der Waals surface area contributed by atoms with Crippen molar-refractivity contribution in [3.63, 3.8) is 0 Å². The van der Waals surface area contributed by atoms with Gasteiger partial charge in [-0.25, -0.2) is 0 Å². The number of likely N-dealkylation sites (tertiary alicyclic amines) is 1.